The van der Waals surface area contributed by atoms with Crippen molar-refractivity contribution in [3.8, 4) is 0 Å². The Labute approximate surface area is 78.0 Å². The smallest absolute Gasteiger partial charge is 0.152 e. The summed E-state index contributed by atoms with van der Waals surface area (Å²) >= 11 is -1.60. The van der Waals surface area contributed by atoms with E-state index < -0.39 is 11.1 Å². The van der Waals surface area contributed by atoms with Crippen LogP contribution in [0.1, 0.15) is 40.0 Å². The Morgan fingerprint density at radius 2 is 1.92 bits per heavy atom. The summed E-state index contributed by atoms with van der Waals surface area (Å²) in [6, 6.07) is 0. The van der Waals surface area contributed by atoms with Crippen LogP contribution in [-0.2, 0) is 11.1 Å². The van der Waals surface area contributed by atoms with E-state index in [9.17, 15) is 4.21 Å². The number of rotatable bonds is 6. The summed E-state index contributed by atoms with van der Waals surface area (Å²) in [7, 11) is 0. The van der Waals surface area contributed by atoms with Gasteiger partial charge < -0.3 is 4.55 Å². The highest BCUT2D eigenvalue weighted by molar-refractivity contribution is 7.79. The molecule has 12 heavy (non-hydrogen) atoms. The lowest BCUT2D eigenvalue weighted by Crippen LogP contribution is -2.08. The van der Waals surface area contributed by atoms with Crippen LogP contribution in [0, 0.1) is 11.8 Å². The van der Waals surface area contributed by atoms with Crippen LogP contribution in [0.5, 0.6) is 0 Å². The lowest BCUT2D eigenvalue weighted by atomic mass is 9.90. The standard InChI is InChI=1S/C9H20O2S/c1-4-8(2)9(3)6-5-7-12(10)11/h8-9H,4-7H2,1-3H3,(H,10,11). The molecule has 1 N–H and O–H groups in total. The highest BCUT2D eigenvalue weighted by atomic mass is 32.2. The molecule has 2 nitrogen and oxygen atoms in total. The van der Waals surface area contributed by atoms with Crippen LogP contribution in [0.25, 0.3) is 0 Å². The average Bonchev–Trinajstić information content (AvgIpc) is 2.02. The van der Waals surface area contributed by atoms with E-state index in [-0.39, 0.29) is 0 Å². The fourth-order valence-electron chi connectivity index (χ4n) is 1.22. The van der Waals surface area contributed by atoms with Gasteiger partial charge in [0.25, 0.3) is 0 Å². The molecule has 74 valence electrons. The molecule has 3 unspecified atom stereocenters. The molecule has 0 rings (SSSR count). The predicted molar refractivity (Wildman–Crippen MR) is 53.5 cm³/mol. The quantitative estimate of drug-likeness (QED) is 0.657. The van der Waals surface area contributed by atoms with Crippen LogP contribution in [0.15, 0.2) is 0 Å². The van der Waals surface area contributed by atoms with E-state index in [2.05, 4.69) is 20.8 Å². The van der Waals surface area contributed by atoms with Crippen molar-refractivity contribution >= 4 is 11.1 Å². The highest BCUT2D eigenvalue weighted by Crippen LogP contribution is 2.19. The van der Waals surface area contributed by atoms with E-state index in [1.807, 2.05) is 0 Å². The number of hydrogen-bond acceptors (Lipinski definition) is 1. The van der Waals surface area contributed by atoms with Gasteiger partial charge in [0.05, 0.1) is 0 Å². The van der Waals surface area contributed by atoms with Gasteiger partial charge in [-0.3, -0.25) is 0 Å². The maximum absolute atomic E-state index is 10.3. The molecular weight excluding hydrogens is 172 g/mol. The number of hydrogen-bond donors (Lipinski definition) is 1. The van der Waals surface area contributed by atoms with Crippen molar-refractivity contribution in [1.82, 2.24) is 0 Å². The van der Waals surface area contributed by atoms with Crippen molar-refractivity contribution < 1.29 is 8.76 Å². The van der Waals surface area contributed by atoms with Gasteiger partial charge in [0.1, 0.15) is 0 Å². The van der Waals surface area contributed by atoms with Gasteiger partial charge in [0, 0.05) is 5.75 Å². The molecule has 0 aromatic rings. The van der Waals surface area contributed by atoms with Gasteiger partial charge in [-0.15, -0.1) is 0 Å². The van der Waals surface area contributed by atoms with Crippen LogP contribution < -0.4 is 0 Å². The normalized spacial score (nSPS) is 18.7. The molecule has 0 aromatic carbocycles. The van der Waals surface area contributed by atoms with Crippen LogP contribution >= 0.6 is 0 Å². The van der Waals surface area contributed by atoms with E-state index in [4.69, 9.17) is 4.55 Å². The Kier molecular flexibility index (Phi) is 6.67. The zero-order chi connectivity index (χ0) is 9.56. The van der Waals surface area contributed by atoms with Gasteiger partial charge in [-0.2, -0.15) is 0 Å². The van der Waals surface area contributed by atoms with Crippen LogP contribution in [0.3, 0.4) is 0 Å². The van der Waals surface area contributed by atoms with E-state index in [1.165, 1.54) is 6.42 Å². The Balaban J connectivity index is 3.43. The van der Waals surface area contributed by atoms with Crippen molar-refractivity contribution in [3.63, 3.8) is 0 Å². The van der Waals surface area contributed by atoms with Gasteiger partial charge in [-0.25, -0.2) is 4.21 Å². The molecule has 0 aliphatic carbocycles. The van der Waals surface area contributed by atoms with E-state index >= 15 is 0 Å². The minimum Gasteiger partial charge on any atom is -0.306 e. The van der Waals surface area contributed by atoms with Crippen molar-refractivity contribution in [3.05, 3.63) is 0 Å². The summed E-state index contributed by atoms with van der Waals surface area (Å²) < 4.78 is 18.9. The monoisotopic (exact) mass is 192 g/mol. The van der Waals surface area contributed by atoms with E-state index in [1.54, 1.807) is 0 Å². The minimum absolute atomic E-state index is 0.431. The molecule has 0 saturated heterocycles. The summed E-state index contributed by atoms with van der Waals surface area (Å²) in [6.45, 7) is 6.64. The summed E-state index contributed by atoms with van der Waals surface area (Å²) in [5.41, 5.74) is 0. The molecule has 0 radical (unpaired) electrons. The zero-order valence-electron chi connectivity index (χ0n) is 8.25. The Morgan fingerprint density at radius 3 is 2.33 bits per heavy atom. The second-order valence-corrected chi connectivity index (χ2v) is 4.58. The molecule has 0 heterocycles. The molecule has 0 aliphatic heterocycles. The second kappa shape index (κ2) is 6.61. The third-order valence-corrected chi connectivity index (χ3v) is 3.23. The fourth-order valence-corrected chi connectivity index (χ4v) is 1.63. The third-order valence-electron chi connectivity index (χ3n) is 2.59. The molecule has 0 aliphatic rings. The summed E-state index contributed by atoms with van der Waals surface area (Å²) in [4.78, 5) is 0. The minimum atomic E-state index is -1.60. The largest absolute Gasteiger partial charge is 0.306 e. The molecule has 0 spiro atoms. The van der Waals surface area contributed by atoms with Crippen molar-refractivity contribution in [2.24, 2.45) is 11.8 Å². The Bertz CT molecular complexity index is 136. The first kappa shape index (κ1) is 12.1. The maximum Gasteiger partial charge on any atom is 0.152 e. The first-order chi connectivity index (χ1) is 5.57. The van der Waals surface area contributed by atoms with Crippen molar-refractivity contribution in [1.29, 1.82) is 0 Å². The van der Waals surface area contributed by atoms with Gasteiger partial charge in [-0.05, 0) is 24.7 Å². The topological polar surface area (TPSA) is 37.3 Å². The molecule has 0 saturated carbocycles. The van der Waals surface area contributed by atoms with Gasteiger partial charge >= 0.3 is 0 Å². The highest BCUT2D eigenvalue weighted by Gasteiger charge is 2.09. The lowest BCUT2D eigenvalue weighted by Gasteiger charge is -2.17. The third kappa shape index (κ3) is 5.72. The molecule has 3 heteroatoms. The first-order valence-electron chi connectivity index (χ1n) is 4.65. The first-order valence-corrected chi connectivity index (χ1v) is 5.93. The SMILES string of the molecule is CCC(C)C(C)CCCS(=O)O. The zero-order valence-corrected chi connectivity index (χ0v) is 9.06. The van der Waals surface area contributed by atoms with Crippen LogP contribution in [-0.4, -0.2) is 14.5 Å². The summed E-state index contributed by atoms with van der Waals surface area (Å²) in [5.74, 6) is 1.84. The van der Waals surface area contributed by atoms with E-state index in [0.717, 1.165) is 18.8 Å². The molecule has 0 amide bonds. The van der Waals surface area contributed by atoms with Gasteiger partial charge in [0.15, 0.2) is 11.1 Å². The molecule has 0 bridgehead atoms. The molecule has 0 aromatic heterocycles. The van der Waals surface area contributed by atoms with Crippen molar-refractivity contribution in [2.75, 3.05) is 5.75 Å². The fraction of sp³-hybridized carbons (Fsp3) is 1.00. The van der Waals surface area contributed by atoms with Crippen LogP contribution in [0.4, 0.5) is 0 Å². The Morgan fingerprint density at radius 1 is 1.33 bits per heavy atom. The van der Waals surface area contributed by atoms with E-state index in [0.29, 0.717) is 11.7 Å². The molecule has 0 fully saturated rings. The maximum atomic E-state index is 10.3. The van der Waals surface area contributed by atoms with Gasteiger partial charge in [0.2, 0.25) is 0 Å². The molecular formula is C9H20O2S. The summed E-state index contributed by atoms with van der Waals surface area (Å²) in [6.07, 6.45) is 3.14. The predicted octanol–water partition coefficient (Wildman–Crippen LogP) is 2.67. The average molecular weight is 192 g/mol. The van der Waals surface area contributed by atoms with Gasteiger partial charge in [-0.1, -0.05) is 27.2 Å². The molecule has 3 atom stereocenters. The second-order valence-electron chi connectivity index (χ2n) is 3.53. The Hall–Kier alpha value is 0.110. The lowest BCUT2D eigenvalue weighted by molar-refractivity contribution is 0.352. The van der Waals surface area contributed by atoms with Crippen LogP contribution in [0.2, 0.25) is 0 Å². The van der Waals surface area contributed by atoms with Crippen molar-refractivity contribution in [2.45, 2.75) is 40.0 Å². The summed E-state index contributed by atoms with van der Waals surface area (Å²) in [5, 5.41) is 0.